The summed E-state index contributed by atoms with van der Waals surface area (Å²) in [4.78, 5) is 35.1. The average Bonchev–Trinajstić information content (AvgIpc) is 2.38. The summed E-state index contributed by atoms with van der Waals surface area (Å²) < 4.78 is 1.36. The van der Waals surface area contributed by atoms with Crippen LogP contribution < -0.4 is 5.43 Å². The predicted octanol–water partition coefficient (Wildman–Crippen LogP) is 1.65. The summed E-state index contributed by atoms with van der Waals surface area (Å²) in [6.45, 7) is 6.10. The molecule has 0 aliphatic carbocycles. The van der Waals surface area contributed by atoms with Gasteiger partial charge in [0.25, 0.3) is 5.43 Å². The van der Waals surface area contributed by atoms with E-state index in [-0.39, 0.29) is 18.5 Å². The molecule has 1 aromatic heterocycles. The van der Waals surface area contributed by atoms with E-state index in [0.717, 1.165) is 18.7 Å². The molecule has 0 aromatic carbocycles. The molecule has 0 N–H and O–H groups in total. The monoisotopic (exact) mass is 295 g/mol. The van der Waals surface area contributed by atoms with Crippen LogP contribution in [0.2, 0.25) is 0 Å². The van der Waals surface area contributed by atoms with Crippen molar-refractivity contribution in [3.8, 4) is 0 Å². The van der Waals surface area contributed by atoms with E-state index in [1.807, 2.05) is 6.92 Å². The smallest absolute Gasteiger partial charge is 0.332 e. The van der Waals surface area contributed by atoms with Gasteiger partial charge in [-0.2, -0.15) is 0 Å². The number of amides is 1. The Morgan fingerprint density at radius 1 is 1.43 bits per heavy atom. The molecule has 1 rings (SSSR count). The molecule has 0 aliphatic heterocycles. The first-order valence-electron chi connectivity index (χ1n) is 6.82. The molecule has 1 amide bonds. The van der Waals surface area contributed by atoms with Gasteiger partial charge < -0.3 is 9.47 Å². The minimum absolute atomic E-state index is 0.0277. The lowest BCUT2D eigenvalue weighted by Crippen LogP contribution is -2.38. The number of pyridine rings is 1. The van der Waals surface area contributed by atoms with Crippen LogP contribution >= 0.6 is 0 Å². The third kappa shape index (κ3) is 4.70. The minimum Gasteiger partial charge on any atom is -0.341 e. The Bertz CT molecular complexity index is 580. The third-order valence-electron chi connectivity index (χ3n) is 3.34. The SMILES string of the molecule is CC(C)C[C@H](C)N(C)C(=O)Cn1ccc(=O)c([N+](=O)[O-])c1. The molecule has 7 heteroatoms. The quantitative estimate of drug-likeness (QED) is 0.590. The highest BCUT2D eigenvalue weighted by Crippen LogP contribution is 2.10. The fraction of sp³-hybridized carbons (Fsp3) is 0.571. The maximum absolute atomic E-state index is 12.2. The first kappa shape index (κ1) is 16.9. The maximum Gasteiger partial charge on any atom is 0.332 e. The van der Waals surface area contributed by atoms with Crippen LogP contribution in [0.15, 0.2) is 23.3 Å². The minimum atomic E-state index is -0.742. The molecule has 116 valence electrons. The molecule has 1 heterocycles. The maximum atomic E-state index is 12.2. The molecule has 0 radical (unpaired) electrons. The number of nitrogens with zero attached hydrogens (tertiary/aromatic N) is 3. The van der Waals surface area contributed by atoms with Crippen molar-refractivity contribution in [3.63, 3.8) is 0 Å². The fourth-order valence-corrected chi connectivity index (χ4v) is 2.10. The van der Waals surface area contributed by atoms with E-state index >= 15 is 0 Å². The molecule has 0 saturated carbocycles. The predicted molar refractivity (Wildman–Crippen MR) is 79.0 cm³/mol. The van der Waals surface area contributed by atoms with Crippen molar-refractivity contribution in [2.45, 2.75) is 39.8 Å². The van der Waals surface area contributed by atoms with Crippen LogP contribution in [0.5, 0.6) is 0 Å². The third-order valence-corrected chi connectivity index (χ3v) is 3.34. The summed E-state index contributed by atoms with van der Waals surface area (Å²) in [6.07, 6.45) is 3.36. The molecular formula is C14H21N3O4. The van der Waals surface area contributed by atoms with Crippen LogP contribution in [0.1, 0.15) is 27.2 Å². The Morgan fingerprint density at radius 2 is 2.05 bits per heavy atom. The summed E-state index contributed by atoms with van der Waals surface area (Å²) in [5.74, 6) is 0.324. The Kier molecular flexibility index (Phi) is 5.63. The standard InChI is InChI=1S/C14H21N3O4/c1-10(2)7-11(3)15(4)14(19)9-16-6-5-13(18)12(8-16)17(20)21/h5-6,8,10-11H,7,9H2,1-4H3/t11-/m0/s1. The van der Waals surface area contributed by atoms with E-state index < -0.39 is 16.0 Å². The second-order valence-corrected chi connectivity index (χ2v) is 5.61. The number of carbonyl (C=O) groups is 1. The summed E-state index contributed by atoms with van der Waals surface area (Å²) in [7, 11) is 1.71. The lowest BCUT2D eigenvalue weighted by Gasteiger charge is -2.26. The van der Waals surface area contributed by atoms with Gasteiger partial charge in [-0.1, -0.05) is 13.8 Å². The van der Waals surface area contributed by atoms with Gasteiger partial charge in [-0.05, 0) is 19.3 Å². The van der Waals surface area contributed by atoms with E-state index in [0.29, 0.717) is 5.92 Å². The van der Waals surface area contributed by atoms with Gasteiger partial charge in [-0.3, -0.25) is 19.7 Å². The zero-order valence-electron chi connectivity index (χ0n) is 12.8. The van der Waals surface area contributed by atoms with Crippen molar-refractivity contribution < 1.29 is 9.72 Å². The van der Waals surface area contributed by atoms with Crippen molar-refractivity contribution in [2.75, 3.05) is 7.05 Å². The van der Waals surface area contributed by atoms with Gasteiger partial charge >= 0.3 is 5.69 Å². The molecule has 0 aliphatic rings. The summed E-state index contributed by atoms with van der Waals surface area (Å²) >= 11 is 0. The van der Waals surface area contributed by atoms with Gasteiger partial charge in [0.1, 0.15) is 6.54 Å². The van der Waals surface area contributed by atoms with Crippen LogP contribution in [0.3, 0.4) is 0 Å². The average molecular weight is 295 g/mol. The molecule has 0 unspecified atom stereocenters. The fourth-order valence-electron chi connectivity index (χ4n) is 2.10. The van der Waals surface area contributed by atoms with Gasteiger partial charge in [0.05, 0.1) is 11.1 Å². The molecule has 0 fully saturated rings. The Labute approximate surface area is 123 Å². The summed E-state index contributed by atoms with van der Waals surface area (Å²) in [6, 6.07) is 1.19. The molecule has 0 spiro atoms. The number of aromatic nitrogens is 1. The molecular weight excluding hydrogens is 274 g/mol. The first-order chi connectivity index (χ1) is 9.72. The number of nitro groups is 1. The number of rotatable bonds is 6. The zero-order chi connectivity index (χ0) is 16.2. The van der Waals surface area contributed by atoms with Crippen LogP contribution in [-0.4, -0.2) is 33.4 Å². The van der Waals surface area contributed by atoms with Gasteiger partial charge in [0.15, 0.2) is 0 Å². The van der Waals surface area contributed by atoms with Crippen LogP contribution in [0, 0.1) is 16.0 Å². The Hall–Kier alpha value is -2.18. The van der Waals surface area contributed by atoms with Gasteiger partial charge in [0.2, 0.25) is 5.91 Å². The largest absolute Gasteiger partial charge is 0.341 e. The Balaban J connectivity index is 2.81. The van der Waals surface area contributed by atoms with Crippen molar-refractivity contribution in [3.05, 3.63) is 38.8 Å². The molecule has 21 heavy (non-hydrogen) atoms. The van der Waals surface area contributed by atoms with Crippen molar-refractivity contribution >= 4 is 11.6 Å². The highest BCUT2D eigenvalue weighted by atomic mass is 16.6. The van der Waals surface area contributed by atoms with Gasteiger partial charge in [0, 0.05) is 25.4 Å². The molecule has 0 saturated heterocycles. The molecule has 0 bridgehead atoms. The number of carbonyl (C=O) groups excluding carboxylic acids is 1. The number of hydrogen-bond acceptors (Lipinski definition) is 4. The van der Waals surface area contributed by atoms with E-state index in [4.69, 9.17) is 0 Å². The zero-order valence-corrected chi connectivity index (χ0v) is 12.8. The van der Waals surface area contributed by atoms with E-state index in [1.165, 1.54) is 10.8 Å². The number of hydrogen-bond donors (Lipinski definition) is 0. The molecule has 1 aromatic rings. The summed E-state index contributed by atoms with van der Waals surface area (Å²) in [5.41, 5.74) is -1.19. The van der Waals surface area contributed by atoms with E-state index in [2.05, 4.69) is 13.8 Å². The Morgan fingerprint density at radius 3 is 2.57 bits per heavy atom. The second kappa shape index (κ2) is 7.01. The van der Waals surface area contributed by atoms with Crippen molar-refractivity contribution in [1.29, 1.82) is 0 Å². The normalized spacial score (nSPS) is 12.2. The highest BCUT2D eigenvalue weighted by Gasteiger charge is 2.18. The lowest BCUT2D eigenvalue weighted by molar-refractivity contribution is -0.386. The van der Waals surface area contributed by atoms with Crippen molar-refractivity contribution in [2.24, 2.45) is 5.92 Å². The first-order valence-corrected chi connectivity index (χ1v) is 6.82. The lowest BCUT2D eigenvalue weighted by atomic mass is 10.0. The second-order valence-electron chi connectivity index (χ2n) is 5.61. The number of likely N-dealkylation sites (N-methyl/N-ethyl adjacent to an activating group) is 1. The summed E-state index contributed by atoms with van der Waals surface area (Å²) in [5, 5.41) is 10.7. The van der Waals surface area contributed by atoms with Crippen molar-refractivity contribution in [1.82, 2.24) is 9.47 Å². The topological polar surface area (TPSA) is 85.5 Å². The van der Waals surface area contributed by atoms with Gasteiger partial charge in [-0.25, -0.2) is 0 Å². The van der Waals surface area contributed by atoms with E-state index in [9.17, 15) is 19.7 Å². The van der Waals surface area contributed by atoms with Gasteiger partial charge in [-0.15, -0.1) is 0 Å². The highest BCUT2D eigenvalue weighted by molar-refractivity contribution is 5.76. The van der Waals surface area contributed by atoms with Crippen LogP contribution in [0.4, 0.5) is 5.69 Å². The van der Waals surface area contributed by atoms with E-state index in [1.54, 1.807) is 11.9 Å². The molecule has 1 atom stereocenters. The molecule has 7 nitrogen and oxygen atoms in total. The van der Waals surface area contributed by atoms with Crippen LogP contribution in [-0.2, 0) is 11.3 Å². The van der Waals surface area contributed by atoms with Crippen LogP contribution in [0.25, 0.3) is 0 Å².